The summed E-state index contributed by atoms with van der Waals surface area (Å²) >= 11 is 0. The van der Waals surface area contributed by atoms with Gasteiger partial charge in [-0.15, -0.1) is 0 Å². The van der Waals surface area contributed by atoms with Crippen LogP contribution in [0.2, 0.25) is 0 Å². The molecule has 0 radical (unpaired) electrons. The highest BCUT2D eigenvalue weighted by Crippen LogP contribution is 2.41. The number of carbonyl (C=O) groups is 3. The summed E-state index contributed by atoms with van der Waals surface area (Å²) in [6.45, 7) is 6.41. The lowest BCUT2D eigenvalue weighted by atomic mass is 10.2. The van der Waals surface area contributed by atoms with Crippen molar-refractivity contribution in [3.8, 4) is 0 Å². The van der Waals surface area contributed by atoms with Crippen molar-refractivity contribution in [2.45, 2.75) is 13.3 Å². The number of ether oxygens (including phenoxy) is 1. The van der Waals surface area contributed by atoms with Crippen molar-refractivity contribution in [2.75, 3.05) is 45.2 Å². The van der Waals surface area contributed by atoms with Gasteiger partial charge >= 0.3 is 5.97 Å². The van der Waals surface area contributed by atoms with Crippen LogP contribution in [0.15, 0.2) is 24.3 Å². The van der Waals surface area contributed by atoms with Gasteiger partial charge in [0.15, 0.2) is 0 Å². The fraction of sp³-hybridized carbons (Fsp3) is 0.526. The van der Waals surface area contributed by atoms with Crippen LogP contribution in [-0.4, -0.2) is 67.4 Å². The summed E-state index contributed by atoms with van der Waals surface area (Å²) in [5, 5.41) is 2.82. The second-order valence-corrected chi connectivity index (χ2v) is 6.77. The highest BCUT2D eigenvalue weighted by atomic mass is 16.5. The van der Waals surface area contributed by atoms with Gasteiger partial charge in [-0.05, 0) is 37.2 Å². The molecular weight excluding hydrogens is 334 g/mol. The first-order valence-electron chi connectivity index (χ1n) is 9.04. The summed E-state index contributed by atoms with van der Waals surface area (Å²) in [7, 11) is 1.32. The zero-order valence-electron chi connectivity index (χ0n) is 15.2. The highest BCUT2D eigenvalue weighted by molar-refractivity contribution is 6.00. The Hall–Kier alpha value is -2.41. The zero-order valence-corrected chi connectivity index (χ0v) is 15.2. The number of nitrogens with zero attached hydrogens (tertiary/aromatic N) is 2. The lowest BCUT2D eigenvalue weighted by Gasteiger charge is -2.34. The number of nitrogens with one attached hydrogen (secondary N) is 1. The maximum absolute atomic E-state index is 12.6. The molecule has 1 saturated carbocycles. The number of amides is 2. The molecule has 26 heavy (non-hydrogen) atoms. The molecule has 0 spiro atoms. The summed E-state index contributed by atoms with van der Waals surface area (Å²) < 4.78 is 4.65. The minimum Gasteiger partial charge on any atom is -0.465 e. The van der Waals surface area contributed by atoms with E-state index in [9.17, 15) is 14.4 Å². The van der Waals surface area contributed by atoms with Crippen LogP contribution in [0.25, 0.3) is 0 Å². The smallest absolute Gasteiger partial charge is 0.337 e. The first-order chi connectivity index (χ1) is 12.5. The monoisotopic (exact) mass is 359 g/mol. The molecule has 2 fully saturated rings. The third-order valence-corrected chi connectivity index (χ3v) is 5.15. The van der Waals surface area contributed by atoms with E-state index in [1.807, 2.05) is 4.90 Å². The van der Waals surface area contributed by atoms with E-state index in [0.29, 0.717) is 17.7 Å². The second-order valence-electron chi connectivity index (χ2n) is 6.77. The summed E-state index contributed by atoms with van der Waals surface area (Å²) in [4.78, 5) is 40.5. The number of piperazine rings is 1. The molecule has 140 valence electrons. The normalized spacial score (nSPS) is 22.6. The Kier molecular flexibility index (Phi) is 5.56. The van der Waals surface area contributed by atoms with Crippen molar-refractivity contribution in [2.24, 2.45) is 11.8 Å². The molecule has 1 aliphatic heterocycles. The van der Waals surface area contributed by atoms with Crippen LogP contribution in [0.4, 0.5) is 5.69 Å². The van der Waals surface area contributed by atoms with Gasteiger partial charge in [-0.2, -0.15) is 0 Å². The van der Waals surface area contributed by atoms with Crippen LogP contribution in [0.5, 0.6) is 0 Å². The second kappa shape index (κ2) is 7.86. The average Bonchev–Trinajstić information content (AvgIpc) is 3.48. The summed E-state index contributed by atoms with van der Waals surface area (Å²) in [5.74, 6) is -0.910. The lowest BCUT2D eigenvalue weighted by molar-refractivity contribution is -0.135. The quantitative estimate of drug-likeness (QED) is 0.800. The van der Waals surface area contributed by atoms with E-state index in [4.69, 9.17) is 0 Å². The van der Waals surface area contributed by atoms with Crippen molar-refractivity contribution in [3.63, 3.8) is 0 Å². The maximum atomic E-state index is 12.6. The van der Waals surface area contributed by atoms with Gasteiger partial charge in [0, 0.05) is 31.9 Å². The first kappa shape index (κ1) is 18.4. The highest BCUT2D eigenvalue weighted by Gasteiger charge is 2.49. The average molecular weight is 359 g/mol. The number of methoxy groups -OCH3 is 1. The van der Waals surface area contributed by atoms with Crippen LogP contribution in [0, 0.1) is 11.8 Å². The van der Waals surface area contributed by atoms with Gasteiger partial charge in [0.25, 0.3) is 0 Å². The number of carbonyl (C=O) groups excluding carboxylic acids is 3. The lowest BCUT2D eigenvalue weighted by Crippen LogP contribution is -2.49. The summed E-state index contributed by atoms with van der Waals surface area (Å²) in [6, 6.07) is 6.52. The summed E-state index contributed by atoms with van der Waals surface area (Å²) in [5.41, 5.74) is 1.04. The number of benzene rings is 1. The molecule has 7 heteroatoms. The number of rotatable bonds is 5. The number of hydrogen-bond acceptors (Lipinski definition) is 5. The molecule has 1 aromatic carbocycles. The molecule has 1 N–H and O–H groups in total. The molecule has 2 amide bonds. The van der Waals surface area contributed by atoms with Crippen LogP contribution in [0.3, 0.4) is 0 Å². The Balaban J connectivity index is 1.49. The van der Waals surface area contributed by atoms with Gasteiger partial charge in [0.2, 0.25) is 11.8 Å². The van der Waals surface area contributed by atoms with E-state index in [-0.39, 0.29) is 23.7 Å². The van der Waals surface area contributed by atoms with Crippen molar-refractivity contribution in [1.29, 1.82) is 0 Å². The molecule has 7 nitrogen and oxygen atoms in total. The molecule has 0 bridgehead atoms. The van der Waals surface area contributed by atoms with Gasteiger partial charge in [-0.3, -0.25) is 9.59 Å². The van der Waals surface area contributed by atoms with Crippen LogP contribution in [-0.2, 0) is 14.3 Å². The molecule has 3 rings (SSSR count). The number of likely N-dealkylation sites (N-methyl/N-ethyl adjacent to an activating group) is 1. The predicted molar refractivity (Wildman–Crippen MR) is 96.7 cm³/mol. The largest absolute Gasteiger partial charge is 0.465 e. The Labute approximate surface area is 153 Å². The van der Waals surface area contributed by atoms with Crippen molar-refractivity contribution in [3.05, 3.63) is 29.8 Å². The SMILES string of the molecule is CCN1CCN(C(=O)C2CC2C(=O)Nc2ccc(C(=O)OC)cc2)CC1. The van der Waals surface area contributed by atoms with Crippen molar-refractivity contribution < 1.29 is 19.1 Å². The number of anilines is 1. The van der Waals surface area contributed by atoms with Crippen molar-refractivity contribution >= 4 is 23.5 Å². The van der Waals surface area contributed by atoms with E-state index in [1.54, 1.807) is 24.3 Å². The molecule has 1 aromatic rings. The van der Waals surface area contributed by atoms with Gasteiger partial charge in [0.05, 0.1) is 24.5 Å². The minimum absolute atomic E-state index is 0.0990. The van der Waals surface area contributed by atoms with E-state index >= 15 is 0 Å². The fourth-order valence-corrected chi connectivity index (χ4v) is 3.32. The molecule has 1 aliphatic carbocycles. The van der Waals surface area contributed by atoms with Crippen LogP contribution < -0.4 is 5.32 Å². The van der Waals surface area contributed by atoms with E-state index < -0.39 is 5.97 Å². The third kappa shape index (κ3) is 4.04. The van der Waals surface area contributed by atoms with Gasteiger partial charge < -0.3 is 19.9 Å². The molecule has 2 unspecified atom stereocenters. The number of hydrogen-bond donors (Lipinski definition) is 1. The Morgan fingerprint density at radius 3 is 2.31 bits per heavy atom. The molecule has 1 saturated heterocycles. The van der Waals surface area contributed by atoms with Crippen molar-refractivity contribution in [1.82, 2.24) is 9.80 Å². The Bertz CT molecular complexity index is 681. The van der Waals surface area contributed by atoms with Crippen LogP contribution >= 0.6 is 0 Å². The first-order valence-corrected chi connectivity index (χ1v) is 9.04. The molecular formula is C19H25N3O4. The molecule has 0 aromatic heterocycles. The Morgan fingerprint density at radius 1 is 1.08 bits per heavy atom. The molecule has 2 aliphatic rings. The minimum atomic E-state index is -0.418. The third-order valence-electron chi connectivity index (χ3n) is 5.15. The maximum Gasteiger partial charge on any atom is 0.337 e. The molecule has 1 heterocycles. The van der Waals surface area contributed by atoms with E-state index in [1.165, 1.54) is 7.11 Å². The van der Waals surface area contributed by atoms with E-state index in [0.717, 1.165) is 32.7 Å². The van der Waals surface area contributed by atoms with Crippen LogP contribution in [0.1, 0.15) is 23.7 Å². The Morgan fingerprint density at radius 2 is 1.73 bits per heavy atom. The predicted octanol–water partition coefficient (Wildman–Crippen LogP) is 1.21. The van der Waals surface area contributed by atoms with Gasteiger partial charge in [-0.1, -0.05) is 6.92 Å². The van der Waals surface area contributed by atoms with Gasteiger partial charge in [-0.25, -0.2) is 4.79 Å². The fourth-order valence-electron chi connectivity index (χ4n) is 3.32. The van der Waals surface area contributed by atoms with E-state index in [2.05, 4.69) is 21.9 Å². The molecule has 2 atom stereocenters. The zero-order chi connectivity index (χ0) is 18.7. The number of esters is 1. The summed E-state index contributed by atoms with van der Waals surface area (Å²) in [6.07, 6.45) is 0.610. The standard InChI is InChI=1S/C19H25N3O4/c1-3-21-8-10-22(11-9-21)18(24)16-12-15(16)17(23)20-14-6-4-13(5-7-14)19(25)26-2/h4-7,15-16H,3,8-12H2,1-2H3,(H,20,23). The topological polar surface area (TPSA) is 79.0 Å². The van der Waals surface area contributed by atoms with Gasteiger partial charge in [0.1, 0.15) is 0 Å².